The number of alkyl halides is 3. The predicted octanol–water partition coefficient (Wildman–Crippen LogP) is 1.39. The van der Waals surface area contributed by atoms with E-state index in [0.29, 0.717) is 6.54 Å². The Bertz CT molecular complexity index is 345. The monoisotopic (exact) mass is 339 g/mol. The molecule has 0 aromatic rings. The number of nitrogens with zero attached hydrogens (tertiary/aromatic N) is 1. The molecule has 0 aromatic carbocycles. The fraction of sp³-hybridized carbons (Fsp3) is 0.933. The molecule has 1 rings (SSSR count). The number of carbonyl (C=O) groups excluding carboxylic acids is 1. The highest BCUT2D eigenvalue weighted by molar-refractivity contribution is 5.81. The van der Waals surface area contributed by atoms with E-state index in [1.807, 2.05) is 0 Å². The summed E-state index contributed by atoms with van der Waals surface area (Å²) in [5, 5.41) is 5.02. The van der Waals surface area contributed by atoms with Crippen LogP contribution in [0.4, 0.5) is 13.2 Å². The SMILES string of the molecule is CC(C)[C@H](NCC(F)(F)F)C(=O)NCCCCN1CCOCC1. The number of ether oxygens (including phenoxy) is 1. The van der Waals surface area contributed by atoms with Crippen molar-refractivity contribution in [2.75, 3.05) is 45.9 Å². The van der Waals surface area contributed by atoms with Crippen molar-refractivity contribution in [3.63, 3.8) is 0 Å². The van der Waals surface area contributed by atoms with Crippen molar-refractivity contribution >= 4 is 5.91 Å². The number of amides is 1. The highest BCUT2D eigenvalue weighted by Gasteiger charge is 2.31. The molecule has 1 aliphatic heterocycles. The fourth-order valence-electron chi connectivity index (χ4n) is 2.46. The molecule has 0 spiro atoms. The summed E-state index contributed by atoms with van der Waals surface area (Å²) in [5.41, 5.74) is 0. The molecular weight excluding hydrogens is 311 g/mol. The Morgan fingerprint density at radius 3 is 2.43 bits per heavy atom. The minimum absolute atomic E-state index is 0.203. The fourth-order valence-corrected chi connectivity index (χ4v) is 2.46. The van der Waals surface area contributed by atoms with Crippen LogP contribution in [0.25, 0.3) is 0 Å². The number of carbonyl (C=O) groups is 1. The van der Waals surface area contributed by atoms with E-state index >= 15 is 0 Å². The van der Waals surface area contributed by atoms with Crippen LogP contribution in [0.1, 0.15) is 26.7 Å². The third-order valence-electron chi connectivity index (χ3n) is 3.78. The first-order valence-electron chi connectivity index (χ1n) is 8.17. The number of hydrogen-bond donors (Lipinski definition) is 2. The molecule has 1 saturated heterocycles. The quantitative estimate of drug-likeness (QED) is 0.624. The van der Waals surface area contributed by atoms with Gasteiger partial charge in [-0.15, -0.1) is 0 Å². The van der Waals surface area contributed by atoms with Crippen LogP contribution in [0.3, 0.4) is 0 Å². The average molecular weight is 339 g/mol. The van der Waals surface area contributed by atoms with Crippen LogP contribution < -0.4 is 10.6 Å². The lowest BCUT2D eigenvalue weighted by molar-refractivity contribution is -0.133. The summed E-state index contributed by atoms with van der Waals surface area (Å²) in [7, 11) is 0. The van der Waals surface area contributed by atoms with Gasteiger partial charge in [0.2, 0.25) is 5.91 Å². The van der Waals surface area contributed by atoms with Crippen molar-refractivity contribution < 1.29 is 22.7 Å². The summed E-state index contributed by atoms with van der Waals surface area (Å²) in [4.78, 5) is 14.3. The van der Waals surface area contributed by atoms with Crippen LogP contribution in [-0.2, 0) is 9.53 Å². The molecule has 136 valence electrons. The number of unbranched alkanes of at least 4 members (excludes halogenated alkanes) is 1. The number of halogens is 3. The van der Waals surface area contributed by atoms with Gasteiger partial charge in [-0.3, -0.25) is 15.0 Å². The summed E-state index contributed by atoms with van der Waals surface area (Å²) in [5.74, 6) is -0.568. The van der Waals surface area contributed by atoms with E-state index in [0.717, 1.165) is 45.7 Å². The first kappa shape index (κ1) is 20.2. The van der Waals surface area contributed by atoms with Crippen molar-refractivity contribution in [2.45, 2.75) is 38.9 Å². The van der Waals surface area contributed by atoms with E-state index < -0.39 is 18.8 Å². The Labute approximate surface area is 135 Å². The van der Waals surface area contributed by atoms with E-state index in [-0.39, 0.29) is 11.8 Å². The van der Waals surface area contributed by atoms with Gasteiger partial charge in [-0.1, -0.05) is 13.8 Å². The topological polar surface area (TPSA) is 53.6 Å². The molecule has 1 aliphatic rings. The maximum absolute atomic E-state index is 12.3. The minimum atomic E-state index is -4.31. The van der Waals surface area contributed by atoms with Gasteiger partial charge in [0.1, 0.15) is 0 Å². The molecule has 0 aromatic heterocycles. The molecule has 1 heterocycles. The molecule has 0 radical (unpaired) electrons. The van der Waals surface area contributed by atoms with Gasteiger partial charge in [0, 0.05) is 19.6 Å². The maximum Gasteiger partial charge on any atom is 0.401 e. The highest BCUT2D eigenvalue weighted by atomic mass is 19.4. The number of nitrogens with one attached hydrogen (secondary N) is 2. The van der Waals surface area contributed by atoms with E-state index in [9.17, 15) is 18.0 Å². The summed E-state index contributed by atoms with van der Waals surface area (Å²) >= 11 is 0. The smallest absolute Gasteiger partial charge is 0.379 e. The molecule has 0 aliphatic carbocycles. The van der Waals surface area contributed by atoms with Crippen LogP contribution >= 0.6 is 0 Å². The first-order chi connectivity index (χ1) is 10.8. The van der Waals surface area contributed by atoms with Gasteiger partial charge in [0.05, 0.1) is 25.8 Å². The van der Waals surface area contributed by atoms with Crippen molar-refractivity contribution in [1.82, 2.24) is 15.5 Å². The van der Waals surface area contributed by atoms with Gasteiger partial charge in [0.25, 0.3) is 0 Å². The lowest BCUT2D eigenvalue weighted by Gasteiger charge is -2.26. The second-order valence-electron chi connectivity index (χ2n) is 6.17. The van der Waals surface area contributed by atoms with E-state index in [2.05, 4.69) is 15.5 Å². The largest absolute Gasteiger partial charge is 0.401 e. The van der Waals surface area contributed by atoms with E-state index in [1.165, 1.54) is 0 Å². The molecule has 0 unspecified atom stereocenters. The Balaban J connectivity index is 2.18. The molecule has 8 heteroatoms. The second-order valence-corrected chi connectivity index (χ2v) is 6.17. The minimum Gasteiger partial charge on any atom is -0.379 e. The first-order valence-corrected chi connectivity index (χ1v) is 8.17. The van der Waals surface area contributed by atoms with Crippen molar-refractivity contribution in [3.05, 3.63) is 0 Å². The van der Waals surface area contributed by atoms with Gasteiger partial charge >= 0.3 is 6.18 Å². The summed E-state index contributed by atoms with van der Waals surface area (Å²) in [6.45, 7) is 7.14. The van der Waals surface area contributed by atoms with Crippen LogP contribution in [0, 0.1) is 5.92 Å². The van der Waals surface area contributed by atoms with Crippen molar-refractivity contribution in [1.29, 1.82) is 0 Å². The highest BCUT2D eigenvalue weighted by Crippen LogP contribution is 2.14. The van der Waals surface area contributed by atoms with Gasteiger partial charge in [-0.2, -0.15) is 13.2 Å². The standard InChI is InChI=1S/C15H28F3N3O2/c1-12(2)13(20-11-15(16,17)18)14(22)19-5-3-4-6-21-7-9-23-10-8-21/h12-13,20H,3-11H2,1-2H3,(H,19,22)/t13-/m0/s1. The second kappa shape index (κ2) is 10.1. The Morgan fingerprint density at radius 2 is 1.87 bits per heavy atom. The predicted molar refractivity (Wildman–Crippen MR) is 82.2 cm³/mol. The summed E-state index contributed by atoms with van der Waals surface area (Å²) in [6, 6.07) is -0.823. The summed E-state index contributed by atoms with van der Waals surface area (Å²) in [6.07, 6.45) is -2.55. The molecule has 0 saturated carbocycles. The Hall–Kier alpha value is -0.860. The molecule has 0 bridgehead atoms. The average Bonchev–Trinajstić information content (AvgIpc) is 2.46. The van der Waals surface area contributed by atoms with Crippen LogP contribution in [-0.4, -0.2) is 69.0 Å². The number of hydrogen-bond acceptors (Lipinski definition) is 4. The van der Waals surface area contributed by atoms with Crippen molar-refractivity contribution in [3.8, 4) is 0 Å². The lowest BCUT2D eigenvalue weighted by Crippen LogP contribution is -2.50. The number of rotatable bonds is 9. The Kier molecular flexibility index (Phi) is 8.86. The molecule has 2 N–H and O–H groups in total. The van der Waals surface area contributed by atoms with Crippen molar-refractivity contribution in [2.24, 2.45) is 5.92 Å². The lowest BCUT2D eigenvalue weighted by atomic mass is 10.0. The normalized spacial score (nSPS) is 18.2. The maximum atomic E-state index is 12.3. The molecule has 1 fully saturated rings. The molecule has 23 heavy (non-hydrogen) atoms. The zero-order valence-electron chi connectivity index (χ0n) is 13.9. The molecule has 1 atom stereocenters. The summed E-state index contributed by atoms with van der Waals surface area (Å²) < 4.78 is 42.1. The van der Waals surface area contributed by atoms with Gasteiger partial charge in [-0.05, 0) is 25.3 Å². The van der Waals surface area contributed by atoms with Gasteiger partial charge < -0.3 is 10.1 Å². The zero-order chi connectivity index (χ0) is 17.3. The van der Waals surface area contributed by atoms with Crippen LogP contribution in [0.5, 0.6) is 0 Å². The zero-order valence-corrected chi connectivity index (χ0v) is 13.9. The van der Waals surface area contributed by atoms with Gasteiger partial charge in [-0.25, -0.2) is 0 Å². The van der Waals surface area contributed by atoms with Crippen LogP contribution in [0.15, 0.2) is 0 Å². The van der Waals surface area contributed by atoms with Gasteiger partial charge in [0.15, 0.2) is 0 Å². The third-order valence-corrected chi connectivity index (χ3v) is 3.78. The van der Waals surface area contributed by atoms with Crippen LogP contribution in [0.2, 0.25) is 0 Å². The van der Waals surface area contributed by atoms with E-state index in [1.54, 1.807) is 13.8 Å². The number of morpholine rings is 1. The molecular formula is C15H28F3N3O2. The molecule has 1 amide bonds. The molecule has 5 nitrogen and oxygen atoms in total. The third kappa shape index (κ3) is 9.12. The van der Waals surface area contributed by atoms with E-state index in [4.69, 9.17) is 4.74 Å². The Morgan fingerprint density at radius 1 is 1.22 bits per heavy atom.